The van der Waals surface area contributed by atoms with Crippen LogP contribution in [0.5, 0.6) is 11.5 Å². The molecule has 0 saturated carbocycles. The van der Waals surface area contributed by atoms with E-state index in [1.165, 1.54) is 32.6 Å². The summed E-state index contributed by atoms with van der Waals surface area (Å²) in [6, 6.07) is 9.60. The third-order valence-electron chi connectivity index (χ3n) is 3.19. The van der Waals surface area contributed by atoms with Crippen molar-refractivity contribution in [2.45, 2.75) is 0 Å². The number of hydrogen-bond donors (Lipinski definition) is 1. The predicted molar refractivity (Wildman–Crippen MR) is 100 cm³/mol. The van der Waals surface area contributed by atoms with Crippen LogP contribution in [-0.2, 0) is 0 Å². The maximum atomic E-state index is 12.0. The van der Waals surface area contributed by atoms with E-state index in [9.17, 15) is 14.9 Å². The van der Waals surface area contributed by atoms with Crippen molar-refractivity contribution in [3.8, 4) is 11.5 Å². The average Bonchev–Trinajstić information content (AvgIpc) is 2.60. The molecule has 0 aromatic heterocycles. The van der Waals surface area contributed by atoms with Gasteiger partial charge in [0.25, 0.3) is 11.6 Å². The highest BCUT2D eigenvalue weighted by Gasteiger charge is 2.18. The number of nitrogens with zero attached hydrogens (tertiary/aromatic N) is 2. The van der Waals surface area contributed by atoms with Gasteiger partial charge < -0.3 is 9.47 Å². The lowest BCUT2D eigenvalue weighted by Gasteiger charge is -2.08. The van der Waals surface area contributed by atoms with E-state index in [0.717, 1.165) is 3.57 Å². The number of amides is 1. The summed E-state index contributed by atoms with van der Waals surface area (Å²) in [5.41, 5.74) is 2.73. The van der Waals surface area contributed by atoms with Gasteiger partial charge in [0.05, 0.1) is 37.0 Å². The van der Waals surface area contributed by atoms with Crippen molar-refractivity contribution in [3.05, 3.63) is 61.2 Å². The van der Waals surface area contributed by atoms with Crippen LogP contribution in [0.1, 0.15) is 15.9 Å². The maximum absolute atomic E-state index is 12.0. The van der Waals surface area contributed by atoms with E-state index in [1.54, 1.807) is 18.2 Å². The standard InChI is InChI=1S/C16H14IN3O5/c1-24-14-7-11(13(20(22)23)8-15(14)25-2)9-18-19-16(21)10-4-3-5-12(17)6-10/h3-9H,1-2H3,(H,19,21)/b18-9+. The lowest BCUT2D eigenvalue weighted by Crippen LogP contribution is -2.17. The molecule has 1 amide bonds. The normalized spacial score (nSPS) is 10.5. The molecular weight excluding hydrogens is 441 g/mol. The number of nitrogens with one attached hydrogen (secondary N) is 1. The number of carbonyl (C=O) groups excluding carboxylic acids is 1. The van der Waals surface area contributed by atoms with Crippen LogP contribution in [0, 0.1) is 13.7 Å². The Morgan fingerprint density at radius 1 is 1.24 bits per heavy atom. The van der Waals surface area contributed by atoms with Crippen LogP contribution in [0.25, 0.3) is 0 Å². The van der Waals surface area contributed by atoms with Crippen LogP contribution in [0.4, 0.5) is 5.69 Å². The minimum absolute atomic E-state index is 0.172. The fourth-order valence-electron chi connectivity index (χ4n) is 2.00. The molecule has 0 radical (unpaired) electrons. The molecule has 8 nitrogen and oxygen atoms in total. The lowest BCUT2D eigenvalue weighted by atomic mass is 10.1. The summed E-state index contributed by atoms with van der Waals surface area (Å²) in [5, 5.41) is 15.0. The molecule has 2 rings (SSSR count). The zero-order chi connectivity index (χ0) is 18.4. The highest BCUT2D eigenvalue weighted by Crippen LogP contribution is 2.33. The summed E-state index contributed by atoms with van der Waals surface area (Å²) >= 11 is 2.09. The van der Waals surface area contributed by atoms with Crippen LogP contribution >= 0.6 is 22.6 Å². The van der Waals surface area contributed by atoms with Gasteiger partial charge in [-0.2, -0.15) is 5.10 Å². The van der Waals surface area contributed by atoms with Crippen LogP contribution in [0.2, 0.25) is 0 Å². The third-order valence-corrected chi connectivity index (χ3v) is 3.86. The molecule has 0 unspecified atom stereocenters. The van der Waals surface area contributed by atoms with Crippen molar-refractivity contribution in [2.24, 2.45) is 5.10 Å². The van der Waals surface area contributed by atoms with Crippen molar-refractivity contribution in [1.82, 2.24) is 5.43 Å². The number of nitro groups is 1. The zero-order valence-electron chi connectivity index (χ0n) is 13.4. The first-order valence-electron chi connectivity index (χ1n) is 6.95. The van der Waals surface area contributed by atoms with Crippen molar-refractivity contribution in [3.63, 3.8) is 0 Å². The first kappa shape index (κ1) is 18.6. The molecule has 0 atom stereocenters. The van der Waals surface area contributed by atoms with Crippen LogP contribution < -0.4 is 14.9 Å². The highest BCUT2D eigenvalue weighted by atomic mass is 127. The highest BCUT2D eigenvalue weighted by molar-refractivity contribution is 14.1. The van der Waals surface area contributed by atoms with E-state index < -0.39 is 10.8 Å². The predicted octanol–water partition coefficient (Wildman–Crippen LogP) is 2.98. The fraction of sp³-hybridized carbons (Fsp3) is 0.125. The third kappa shape index (κ3) is 4.66. The zero-order valence-corrected chi connectivity index (χ0v) is 15.5. The molecule has 0 spiro atoms. The Bertz CT molecular complexity index is 839. The SMILES string of the molecule is COc1cc(/C=N/NC(=O)c2cccc(I)c2)c([N+](=O)[O-])cc1OC. The number of hydrogen-bond acceptors (Lipinski definition) is 6. The van der Waals surface area contributed by atoms with Gasteiger partial charge in [0.1, 0.15) is 0 Å². The molecule has 2 aromatic carbocycles. The Morgan fingerprint density at radius 2 is 1.92 bits per heavy atom. The number of halogens is 1. The van der Waals surface area contributed by atoms with Gasteiger partial charge in [-0.05, 0) is 46.9 Å². The van der Waals surface area contributed by atoms with Crippen LogP contribution in [-0.4, -0.2) is 31.3 Å². The fourth-order valence-corrected chi connectivity index (χ4v) is 2.54. The Kier molecular flexibility index (Phi) is 6.28. The Hall–Kier alpha value is -2.69. The number of hydrazone groups is 1. The Morgan fingerprint density at radius 3 is 2.52 bits per heavy atom. The first-order chi connectivity index (χ1) is 12.0. The molecule has 9 heteroatoms. The van der Waals surface area contributed by atoms with E-state index in [4.69, 9.17) is 9.47 Å². The van der Waals surface area contributed by atoms with Crippen molar-refractivity contribution < 1.29 is 19.2 Å². The molecule has 0 saturated heterocycles. The second-order valence-corrected chi connectivity index (χ2v) is 5.98. The molecule has 0 heterocycles. The van der Waals surface area contributed by atoms with Gasteiger partial charge >= 0.3 is 0 Å². The van der Waals surface area contributed by atoms with E-state index in [-0.39, 0.29) is 17.0 Å². The smallest absolute Gasteiger partial charge is 0.282 e. The largest absolute Gasteiger partial charge is 0.493 e. The molecule has 0 aliphatic carbocycles. The number of benzene rings is 2. The van der Waals surface area contributed by atoms with Gasteiger partial charge in [-0.1, -0.05) is 6.07 Å². The van der Waals surface area contributed by atoms with Crippen molar-refractivity contribution >= 4 is 40.4 Å². The summed E-state index contributed by atoms with van der Waals surface area (Å²) in [5.74, 6) is 0.130. The summed E-state index contributed by atoms with van der Waals surface area (Å²) < 4.78 is 11.1. The molecule has 0 fully saturated rings. The summed E-state index contributed by atoms with van der Waals surface area (Å²) in [6.45, 7) is 0. The molecule has 2 aromatic rings. The van der Waals surface area contributed by atoms with Gasteiger partial charge in [0.15, 0.2) is 11.5 Å². The van der Waals surface area contributed by atoms with E-state index in [2.05, 4.69) is 33.1 Å². The van der Waals surface area contributed by atoms with Gasteiger partial charge in [-0.3, -0.25) is 14.9 Å². The van der Waals surface area contributed by atoms with E-state index >= 15 is 0 Å². The second kappa shape index (κ2) is 8.42. The second-order valence-electron chi connectivity index (χ2n) is 4.73. The van der Waals surface area contributed by atoms with Gasteiger partial charge in [-0.25, -0.2) is 5.43 Å². The number of rotatable bonds is 6. The number of methoxy groups -OCH3 is 2. The van der Waals surface area contributed by atoms with Gasteiger partial charge in [-0.15, -0.1) is 0 Å². The molecule has 0 aliphatic rings. The first-order valence-corrected chi connectivity index (χ1v) is 8.03. The Balaban J connectivity index is 2.25. The summed E-state index contributed by atoms with van der Waals surface area (Å²) in [4.78, 5) is 22.7. The summed E-state index contributed by atoms with van der Waals surface area (Å²) in [6.07, 6.45) is 1.19. The van der Waals surface area contributed by atoms with E-state index in [0.29, 0.717) is 11.3 Å². The summed E-state index contributed by atoms with van der Waals surface area (Å²) in [7, 11) is 2.81. The van der Waals surface area contributed by atoms with Crippen LogP contribution in [0.3, 0.4) is 0 Å². The van der Waals surface area contributed by atoms with E-state index in [1.807, 2.05) is 6.07 Å². The number of nitro benzene ring substituents is 1. The average molecular weight is 455 g/mol. The molecule has 25 heavy (non-hydrogen) atoms. The monoisotopic (exact) mass is 455 g/mol. The minimum atomic E-state index is -0.565. The van der Waals surface area contributed by atoms with Gasteiger partial charge in [0.2, 0.25) is 0 Å². The molecule has 0 bridgehead atoms. The van der Waals surface area contributed by atoms with Crippen molar-refractivity contribution in [2.75, 3.05) is 14.2 Å². The molecular formula is C16H14IN3O5. The van der Waals surface area contributed by atoms with Crippen molar-refractivity contribution in [1.29, 1.82) is 0 Å². The topological polar surface area (TPSA) is 103 Å². The van der Waals surface area contributed by atoms with Crippen LogP contribution in [0.15, 0.2) is 41.5 Å². The van der Waals surface area contributed by atoms with Gasteiger partial charge in [0, 0.05) is 9.13 Å². The quantitative estimate of drug-likeness (QED) is 0.312. The minimum Gasteiger partial charge on any atom is -0.493 e. The lowest BCUT2D eigenvalue weighted by molar-refractivity contribution is -0.385. The number of carbonyl (C=O) groups is 1. The number of ether oxygens (including phenoxy) is 2. The maximum Gasteiger partial charge on any atom is 0.282 e. The Labute approximate surface area is 157 Å². The molecule has 130 valence electrons. The molecule has 0 aliphatic heterocycles. The molecule has 1 N–H and O–H groups in total.